The summed E-state index contributed by atoms with van der Waals surface area (Å²) in [5, 5.41) is 18.3. The minimum atomic E-state index is -1.12. The minimum Gasteiger partial charge on any atom is -0.479 e. The molecule has 0 saturated heterocycles. The third-order valence-corrected chi connectivity index (χ3v) is 2.85. The molecule has 21 heavy (non-hydrogen) atoms. The standard InChI is InChI=1S/C14H16N4O3/c1-18-8-7-11(17-18)9-15-14(21)16-12(13(19)20)10-5-3-2-4-6-10/h2-8,12H,9H2,1H3,(H,19,20)(H2,15,16,21)/t12-/m0/s1. The van der Waals surface area contributed by atoms with Crippen molar-refractivity contribution in [2.24, 2.45) is 7.05 Å². The van der Waals surface area contributed by atoms with E-state index < -0.39 is 18.0 Å². The number of carbonyl (C=O) groups is 2. The van der Waals surface area contributed by atoms with Gasteiger partial charge in [-0.3, -0.25) is 4.68 Å². The molecule has 0 fully saturated rings. The van der Waals surface area contributed by atoms with E-state index in [1.54, 1.807) is 54.3 Å². The first-order chi connectivity index (χ1) is 10.1. The van der Waals surface area contributed by atoms with Crippen molar-refractivity contribution in [3.05, 3.63) is 53.9 Å². The first-order valence-electron chi connectivity index (χ1n) is 6.37. The van der Waals surface area contributed by atoms with Gasteiger partial charge in [0, 0.05) is 13.2 Å². The Morgan fingerprint density at radius 1 is 1.29 bits per heavy atom. The van der Waals surface area contributed by atoms with E-state index in [9.17, 15) is 14.7 Å². The summed E-state index contributed by atoms with van der Waals surface area (Å²) in [5.41, 5.74) is 1.21. The average Bonchev–Trinajstić information content (AvgIpc) is 2.89. The zero-order chi connectivity index (χ0) is 15.2. The quantitative estimate of drug-likeness (QED) is 0.766. The molecule has 0 spiro atoms. The van der Waals surface area contributed by atoms with Gasteiger partial charge in [0.05, 0.1) is 12.2 Å². The molecule has 3 N–H and O–H groups in total. The number of aliphatic carboxylic acids is 1. The van der Waals surface area contributed by atoms with Crippen LogP contribution in [0.3, 0.4) is 0 Å². The van der Waals surface area contributed by atoms with Crippen LogP contribution in [-0.4, -0.2) is 26.9 Å². The maximum atomic E-state index is 11.8. The van der Waals surface area contributed by atoms with Crippen LogP contribution >= 0.6 is 0 Å². The molecule has 7 heteroatoms. The molecule has 1 aromatic carbocycles. The van der Waals surface area contributed by atoms with Crippen LogP contribution < -0.4 is 10.6 Å². The average molecular weight is 288 g/mol. The lowest BCUT2D eigenvalue weighted by Crippen LogP contribution is -2.40. The van der Waals surface area contributed by atoms with Gasteiger partial charge >= 0.3 is 12.0 Å². The van der Waals surface area contributed by atoms with Crippen molar-refractivity contribution < 1.29 is 14.7 Å². The SMILES string of the molecule is Cn1ccc(CNC(=O)N[C@H](C(=O)O)c2ccccc2)n1. The molecule has 2 amide bonds. The van der Waals surface area contributed by atoms with Crippen molar-refractivity contribution >= 4 is 12.0 Å². The van der Waals surface area contributed by atoms with Crippen LogP contribution in [0, 0.1) is 0 Å². The van der Waals surface area contributed by atoms with E-state index in [1.807, 2.05) is 0 Å². The normalized spacial score (nSPS) is 11.7. The first-order valence-corrected chi connectivity index (χ1v) is 6.37. The molecule has 1 heterocycles. The van der Waals surface area contributed by atoms with Gasteiger partial charge < -0.3 is 15.7 Å². The van der Waals surface area contributed by atoms with Crippen LogP contribution in [0.15, 0.2) is 42.6 Å². The molecular formula is C14H16N4O3. The van der Waals surface area contributed by atoms with Gasteiger partial charge in [0.15, 0.2) is 6.04 Å². The van der Waals surface area contributed by atoms with Crippen molar-refractivity contribution in [2.75, 3.05) is 0 Å². The second-order valence-electron chi connectivity index (χ2n) is 4.49. The van der Waals surface area contributed by atoms with E-state index in [1.165, 1.54) is 0 Å². The van der Waals surface area contributed by atoms with Crippen LogP contribution in [0.1, 0.15) is 17.3 Å². The van der Waals surface area contributed by atoms with Gasteiger partial charge in [-0.25, -0.2) is 9.59 Å². The van der Waals surface area contributed by atoms with Gasteiger partial charge in [0.2, 0.25) is 0 Å². The number of nitrogens with one attached hydrogen (secondary N) is 2. The summed E-state index contributed by atoms with van der Waals surface area (Å²) in [6.07, 6.45) is 1.76. The van der Waals surface area contributed by atoms with Crippen LogP contribution in [0.4, 0.5) is 4.79 Å². The van der Waals surface area contributed by atoms with Crippen LogP contribution in [0.2, 0.25) is 0 Å². The molecule has 0 bridgehead atoms. The highest BCUT2D eigenvalue weighted by molar-refractivity contribution is 5.83. The van der Waals surface area contributed by atoms with E-state index in [2.05, 4.69) is 15.7 Å². The van der Waals surface area contributed by atoms with Crippen LogP contribution in [0.5, 0.6) is 0 Å². The summed E-state index contributed by atoms with van der Waals surface area (Å²) in [4.78, 5) is 23.0. The third-order valence-electron chi connectivity index (χ3n) is 2.85. The van der Waals surface area contributed by atoms with Crippen molar-refractivity contribution in [3.8, 4) is 0 Å². The molecular weight excluding hydrogens is 272 g/mol. The fraction of sp³-hybridized carbons (Fsp3) is 0.214. The Hall–Kier alpha value is -2.83. The van der Waals surface area contributed by atoms with Gasteiger partial charge in [-0.15, -0.1) is 0 Å². The fourth-order valence-corrected chi connectivity index (χ4v) is 1.84. The zero-order valence-corrected chi connectivity index (χ0v) is 11.5. The van der Waals surface area contributed by atoms with Crippen molar-refractivity contribution in [1.29, 1.82) is 0 Å². The maximum Gasteiger partial charge on any atom is 0.330 e. The van der Waals surface area contributed by atoms with E-state index in [-0.39, 0.29) is 6.54 Å². The van der Waals surface area contributed by atoms with E-state index in [0.29, 0.717) is 11.3 Å². The lowest BCUT2D eigenvalue weighted by atomic mass is 10.1. The smallest absolute Gasteiger partial charge is 0.330 e. The number of rotatable bonds is 5. The van der Waals surface area contributed by atoms with Crippen LogP contribution in [-0.2, 0) is 18.4 Å². The number of carbonyl (C=O) groups excluding carboxylic acids is 1. The number of aryl methyl sites for hydroxylation is 1. The number of urea groups is 1. The van der Waals surface area contributed by atoms with Gasteiger partial charge in [-0.2, -0.15) is 5.10 Å². The zero-order valence-electron chi connectivity index (χ0n) is 11.5. The molecule has 1 aromatic heterocycles. The molecule has 2 rings (SSSR count). The van der Waals surface area contributed by atoms with E-state index in [4.69, 9.17) is 0 Å². The summed E-state index contributed by atoms with van der Waals surface area (Å²) < 4.78 is 1.62. The Morgan fingerprint density at radius 3 is 2.57 bits per heavy atom. The monoisotopic (exact) mass is 288 g/mol. The number of benzene rings is 1. The summed E-state index contributed by atoms with van der Waals surface area (Å²) in [7, 11) is 1.78. The summed E-state index contributed by atoms with van der Waals surface area (Å²) in [6.45, 7) is 0.230. The Balaban J connectivity index is 1.94. The number of nitrogens with zero attached hydrogens (tertiary/aromatic N) is 2. The molecule has 2 aromatic rings. The van der Waals surface area contributed by atoms with Crippen molar-refractivity contribution in [3.63, 3.8) is 0 Å². The maximum absolute atomic E-state index is 11.8. The molecule has 0 radical (unpaired) electrons. The summed E-state index contributed by atoms with van der Waals surface area (Å²) >= 11 is 0. The highest BCUT2D eigenvalue weighted by Crippen LogP contribution is 2.12. The lowest BCUT2D eigenvalue weighted by Gasteiger charge is -2.15. The lowest BCUT2D eigenvalue weighted by molar-refractivity contribution is -0.139. The molecule has 0 aliphatic rings. The molecule has 1 atom stereocenters. The predicted molar refractivity (Wildman–Crippen MR) is 75.4 cm³/mol. The van der Waals surface area contributed by atoms with Gasteiger partial charge in [-0.05, 0) is 11.6 Å². The number of hydrogen-bond donors (Lipinski definition) is 3. The second kappa shape index (κ2) is 6.56. The topological polar surface area (TPSA) is 96.2 Å². The Bertz CT molecular complexity index is 624. The highest BCUT2D eigenvalue weighted by Gasteiger charge is 2.21. The molecule has 0 saturated carbocycles. The Morgan fingerprint density at radius 2 is 2.00 bits per heavy atom. The summed E-state index contributed by atoms with van der Waals surface area (Å²) in [5.74, 6) is -1.12. The number of amides is 2. The first kappa shape index (κ1) is 14.6. The van der Waals surface area contributed by atoms with E-state index >= 15 is 0 Å². The molecule has 0 aliphatic heterocycles. The van der Waals surface area contributed by atoms with Gasteiger partial charge in [0.25, 0.3) is 0 Å². The molecule has 0 aliphatic carbocycles. The largest absolute Gasteiger partial charge is 0.479 e. The van der Waals surface area contributed by atoms with Gasteiger partial charge in [0.1, 0.15) is 0 Å². The van der Waals surface area contributed by atoms with E-state index in [0.717, 1.165) is 0 Å². The minimum absolute atomic E-state index is 0.230. The predicted octanol–water partition coefficient (Wildman–Crippen LogP) is 1.05. The van der Waals surface area contributed by atoms with Gasteiger partial charge in [-0.1, -0.05) is 30.3 Å². The molecule has 7 nitrogen and oxygen atoms in total. The third kappa shape index (κ3) is 4.07. The number of carboxylic acids is 1. The van der Waals surface area contributed by atoms with Crippen molar-refractivity contribution in [2.45, 2.75) is 12.6 Å². The summed E-state index contributed by atoms with van der Waals surface area (Å²) in [6, 6.07) is 8.65. The Labute approximate surface area is 121 Å². The van der Waals surface area contributed by atoms with Crippen LogP contribution in [0.25, 0.3) is 0 Å². The number of hydrogen-bond acceptors (Lipinski definition) is 3. The van der Waals surface area contributed by atoms with Crippen molar-refractivity contribution in [1.82, 2.24) is 20.4 Å². The second-order valence-corrected chi connectivity index (χ2v) is 4.49. The number of carboxylic acid groups (broad SMARTS) is 1. The number of aromatic nitrogens is 2. The molecule has 110 valence electrons. The Kier molecular flexibility index (Phi) is 4.55. The highest BCUT2D eigenvalue weighted by atomic mass is 16.4. The fourth-order valence-electron chi connectivity index (χ4n) is 1.84. The molecule has 0 unspecified atom stereocenters.